The fourth-order valence-corrected chi connectivity index (χ4v) is 3.44. The molecule has 1 aliphatic rings. The van der Waals surface area contributed by atoms with Crippen LogP contribution in [0.15, 0.2) is 66.9 Å². The first-order chi connectivity index (χ1) is 15.4. The molecule has 4 rings (SSSR count). The maximum absolute atomic E-state index is 12.1. The van der Waals surface area contributed by atoms with Crippen LogP contribution in [0, 0.1) is 15.5 Å². The minimum atomic E-state index is -0.685. The highest BCUT2D eigenvalue weighted by molar-refractivity contribution is 5.86. The van der Waals surface area contributed by atoms with Gasteiger partial charge in [0, 0.05) is 41.1 Å². The highest BCUT2D eigenvalue weighted by Crippen LogP contribution is 2.40. The molecule has 0 unspecified atom stereocenters. The second-order valence-corrected chi connectivity index (χ2v) is 8.18. The maximum Gasteiger partial charge on any atom is 0.417 e. The molecule has 1 heterocycles. The number of nitrogens with zero attached hydrogens (tertiary/aromatic N) is 2. The summed E-state index contributed by atoms with van der Waals surface area (Å²) in [6.07, 6.45) is 4.75. The number of carbonyl (C=O) groups excluding carboxylic acids is 1. The quantitative estimate of drug-likeness (QED) is 0.371. The summed E-state index contributed by atoms with van der Waals surface area (Å²) in [5.41, 5.74) is 2.65. The van der Waals surface area contributed by atoms with Crippen LogP contribution >= 0.6 is 0 Å². The van der Waals surface area contributed by atoms with Gasteiger partial charge in [-0.2, -0.15) is 0 Å². The smallest absolute Gasteiger partial charge is 0.417 e. The number of pyridine rings is 1. The molecule has 0 radical (unpaired) electrons. The number of nitro benzene ring substituents is 1. The average molecular weight is 433 g/mol. The van der Waals surface area contributed by atoms with Crippen molar-refractivity contribution in [2.24, 2.45) is 5.41 Å². The fraction of sp³-hybridized carbons (Fsp3) is 0.250. The maximum atomic E-state index is 12.1. The van der Waals surface area contributed by atoms with Gasteiger partial charge in [-0.1, -0.05) is 25.5 Å². The normalized spacial score (nSPS) is 14.2. The number of aromatic nitrogens is 1. The van der Waals surface area contributed by atoms with E-state index in [1.54, 1.807) is 18.3 Å². The summed E-state index contributed by atoms with van der Waals surface area (Å²) < 4.78 is 11.0. The predicted octanol–water partition coefficient (Wildman–Crippen LogP) is 5.84. The van der Waals surface area contributed by atoms with Gasteiger partial charge in [0.05, 0.1) is 11.5 Å². The van der Waals surface area contributed by atoms with Gasteiger partial charge in [0.15, 0.2) is 0 Å². The van der Waals surface area contributed by atoms with Gasteiger partial charge in [0.1, 0.15) is 5.75 Å². The first-order valence-corrected chi connectivity index (χ1v) is 10.3. The predicted molar refractivity (Wildman–Crippen MR) is 120 cm³/mol. The molecular weight excluding hydrogens is 410 g/mol. The number of amides is 1. The Bertz CT molecular complexity index is 1090. The Hall–Kier alpha value is -3.94. The van der Waals surface area contributed by atoms with Gasteiger partial charge in [0.2, 0.25) is 5.88 Å². The zero-order valence-corrected chi connectivity index (χ0v) is 17.6. The molecule has 0 saturated heterocycles. The lowest BCUT2D eigenvalue weighted by atomic mass is 9.71. The van der Waals surface area contributed by atoms with Gasteiger partial charge in [-0.15, -0.1) is 0 Å². The van der Waals surface area contributed by atoms with Crippen LogP contribution in [0.25, 0.3) is 11.1 Å². The Morgan fingerprint density at radius 3 is 2.31 bits per heavy atom. The summed E-state index contributed by atoms with van der Waals surface area (Å²) in [4.78, 5) is 26.6. The van der Waals surface area contributed by atoms with E-state index in [1.165, 1.54) is 43.5 Å². The van der Waals surface area contributed by atoms with Crippen molar-refractivity contribution >= 4 is 17.5 Å². The lowest BCUT2D eigenvalue weighted by Gasteiger charge is -2.37. The molecule has 0 bridgehead atoms. The van der Waals surface area contributed by atoms with Crippen molar-refractivity contribution < 1.29 is 19.2 Å². The van der Waals surface area contributed by atoms with Crippen LogP contribution < -0.4 is 14.8 Å². The highest BCUT2D eigenvalue weighted by atomic mass is 16.6. The first-order valence-electron chi connectivity index (χ1n) is 10.3. The number of non-ortho nitro benzene ring substituents is 1. The first kappa shape index (κ1) is 21.3. The number of benzene rings is 2. The Labute approximate surface area is 185 Å². The SMILES string of the molecule is CC1(COc2ccc(-c3ccc(NC(=O)Oc4ccc([N+](=O)[O-])cc4)cc3)cn2)CCC1. The van der Waals surface area contributed by atoms with Crippen molar-refractivity contribution in [2.75, 3.05) is 11.9 Å². The molecule has 32 heavy (non-hydrogen) atoms. The third-order valence-corrected chi connectivity index (χ3v) is 5.59. The molecule has 2 aromatic carbocycles. The number of anilines is 1. The Kier molecular flexibility index (Phi) is 6.02. The molecular formula is C24H23N3O5. The van der Waals surface area contributed by atoms with Crippen LogP contribution in [0.2, 0.25) is 0 Å². The number of hydrogen-bond donors (Lipinski definition) is 1. The number of rotatable bonds is 7. The van der Waals surface area contributed by atoms with E-state index < -0.39 is 11.0 Å². The monoisotopic (exact) mass is 433 g/mol. The zero-order valence-electron chi connectivity index (χ0n) is 17.6. The van der Waals surface area contributed by atoms with E-state index in [0.29, 0.717) is 18.2 Å². The number of hydrogen-bond acceptors (Lipinski definition) is 6. The van der Waals surface area contributed by atoms with Gasteiger partial charge < -0.3 is 9.47 Å². The van der Waals surface area contributed by atoms with Crippen molar-refractivity contribution in [1.29, 1.82) is 0 Å². The molecule has 1 amide bonds. The van der Waals surface area contributed by atoms with Crippen LogP contribution in [0.1, 0.15) is 26.2 Å². The van der Waals surface area contributed by atoms with E-state index in [4.69, 9.17) is 9.47 Å². The van der Waals surface area contributed by atoms with E-state index in [9.17, 15) is 14.9 Å². The van der Waals surface area contributed by atoms with E-state index in [1.807, 2.05) is 24.3 Å². The molecule has 8 heteroatoms. The van der Waals surface area contributed by atoms with Crippen molar-refractivity contribution in [1.82, 2.24) is 4.98 Å². The second-order valence-electron chi connectivity index (χ2n) is 8.18. The van der Waals surface area contributed by atoms with Gasteiger partial charge in [-0.25, -0.2) is 9.78 Å². The molecule has 1 aromatic heterocycles. The van der Waals surface area contributed by atoms with Gasteiger partial charge in [0.25, 0.3) is 5.69 Å². The minimum Gasteiger partial charge on any atom is -0.477 e. The van der Waals surface area contributed by atoms with Gasteiger partial charge in [-0.05, 0) is 48.7 Å². The van der Waals surface area contributed by atoms with E-state index in [-0.39, 0.29) is 16.9 Å². The standard InChI is InChI=1S/C24H23N3O5/c1-24(13-2-14-24)16-31-22-12-5-18(15-25-22)17-3-6-19(7-4-17)26-23(28)32-21-10-8-20(9-11-21)27(29)30/h3-12,15H,2,13-14,16H2,1H3,(H,26,28). The molecule has 0 aliphatic heterocycles. The third-order valence-electron chi connectivity index (χ3n) is 5.59. The molecule has 0 atom stereocenters. The number of nitrogens with one attached hydrogen (secondary N) is 1. The molecule has 0 spiro atoms. The van der Waals surface area contributed by atoms with Gasteiger partial charge in [-0.3, -0.25) is 15.4 Å². The Morgan fingerprint density at radius 2 is 1.75 bits per heavy atom. The molecule has 1 N–H and O–H groups in total. The summed E-state index contributed by atoms with van der Waals surface area (Å²) in [5, 5.41) is 13.3. The van der Waals surface area contributed by atoms with E-state index >= 15 is 0 Å². The van der Waals surface area contributed by atoms with Crippen molar-refractivity contribution in [3.63, 3.8) is 0 Å². The third kappa shape index (κ3) is 5.21. The second kappa shape index (κ2) is 9.05. The lowest BCUT2D eigenvalue weighted by Crippen LogP contribution is -2.32. The summed E-state index contributed by atoms with van der Waals surface area (Å²) >= 11 is 0. The average Bonchev–Trinajstić information content (AvgIpc) is 2.77. The van der Waals surface area contributed by atoms with E-state index in [0.717, 1.165) is 11.1 Å². The molecule has 3 aromatic rings. The summed E-state index contributed by atoms with van der Waals surface area (Å²) in [6, 6.07) is 16.4. The molecule has 1 fully saturated rings. The Morgan fingerprint density at radius 1 is 1.06 bits per heavy atom. The number of carbonyl (C=O) groups is 1. The number of nitro groups is 1. The van der Waals surface area contributed by atoms with Crippen LogP contribution in [0.3, 0.4) is 0 Å². The summed E-state index contributed by atoms with van der Waals surface area (Å²) in [5.74, 6) is 0.832. The summed E-state index contributed by atoms with van der Waals surface area (Å²) in [7, 11) is 0. The molecule has 164 valence electrons. The van der Waals surface area contributed by atoms with E-state index in [2.05, 4.69) is 17.2 Å². The van der Waals surface area contributed by atoms with Crippen molar-refractivity contribution in [2.45, 2.75) is 26.2 Å². The van der Waals surface area contributed by atoms with Crippen LogP contribution in [-0.4, -0.2) is 22.6 Å². The molecule has 1 saturated carbocycles. The van der Waals surface area contributed by atoms with Crippen LogP contribution in [0.5, 0.6) is 11.6 Å². The highest BCUT2D eigenvalue weighted by Gasteiger charge is 2.32. The van der Waals surface area contributed by atoms with Gasteiger partial charge >= 0.3 is 6.09 Å². The van der Waals surface area contributed by atoms with Crippen LogP contribution in [-0.2, 0) is 0 Å². The minimum absolute atomic E-state index is 0.0740. The van der Waals surface area contributed by atoms with Crippen molar-refractivity contribution in [3.8, 4) is 22.8 Å². The zero-order chi connectivity index (χ0) is 22.6. The Balaban J connectivity index is 1.31. The summed E-state index contributed by atoms with van der Waals surface area (Å²) in [6.45, 7) is 2.93. The molecule has 1 aliphatic carbocycles. The topological polar surface area (TPSA) is 104 Å². The largest absolute Gasteiger partial charge is 0.477 e. The van der Waals surface area contributed by atoms with Crippen LogP contribution in [0.4, 0.5) is 16.2 Å². The molecule has 8 nitrogen and oxygen atoms in total. The van der Waals surface area contributed by atoms with Crippen molar-refractivity contribution in [3.05, 3.63) is 77.0 Å². The lowest BCUT2D eigenvalue weighted by molar-refractivity contribution is -0.384. The fourth-order valence-electron chi connectivity index (χ4n) is 3.44. The number of ether oxygens (including phenoxy) is 2.